The number of nitrogens with zero attached hydrogens (tertiary/aromatic N) is 1. The van der Waals surface area contributed by atoms with E-state index in [4.69, 9.17) is 27.9 Å². The number of anilines is 1. The summed E-state index contributed by atoms with van der Waals surface area (Å²) >= 11 is 15.0. The van der Waals surface area contributed by atoms with Crippen molar-refractivity contribution in [1.82, 2.24) is 0 Å². The van der Waals surface area contributed by atoms with E-state index in [2.05, 4.69) is 21.2 Å². The number of aromatic hydroxyl groups is 1. The first-order valence-corrected chi connectivity index (χ1v) is 8.35. The molecule has 0 radical (unpaired) electrons. The van der Waals surface area contributed by atoms with Crippen LogP contribution in [0.15, 0.2) is 40.4 Å². The van der Waals surface area contributed by atoms with Crippen LogP contribution in [0.2, 0.25) is 10.0 Å². The normalized spacial score (nSPS) is 10.9. The lowest BCUT2D eigenvalue weighted by Crippen LogP contribution is -2.13. The molecule has 0 fully saturated rings. The predicted molar refractivity (Wildman–Crippen MR) is 101 cm³/mol. The molecule has 0 aromatic heterocycles. The number of ether oxygens (including phenoxy) is 1. The van der Waals surface area contributed by atoms with Gasteiger partial charge in [-0.1, -0.05) is 23.2 Å². The number of benzene rings is 2. The Hall–Kier alpha value is -2.20. The Morgan fingerprint density at radius 2 is 2.08 bits per heavy atom. The molecule has 2 aromatic carbocycles. The van der Waals surface area contributed by atoms with Crippen LogP contribution in [0.1, 0.15) is 5.56 Å². The summed E-state index contributed by atoms with van der Waals surface area (Å²) in [6.07, 6.45) is 1.37. The van der Waals surface area contributed by atoms with E-state index in [0.717, 1.165) is 0 Å². The highest BCUT2D eigenvalue weighted by molar-refractivity contribution is 9.10. The fourth-order valence-corrected chi connectivity index (χ4v) is 2.84. The van der Waals surface area contributed by atoms with Crippen molar-refractivity contribution in [2.24, 2.45) is 0 Å². The van der Waals surface area contributed by atoms with E-state index in [1.54, 1.807) is 12.1 Å². The summed E-state index contributed by atoms with van der Waals surface area (Å²) in [6.45, 7) is 0. The van der Waals surface area contributed by atoms with E-state index in [9.17, 15) is 15.2 Å². The molecule has 1 amide bonds. The second-order valence-electron chi connectivity index (χ2n) is 4.80. The van der Waals surface area contributed by atoms with Crippen LogP contribution < -0.4 is 10.1 Å². The summed E-state index contributed by atoms with van der Waals surface area (Å²) < 4.78 is 5.41. The first kappa shape index (κ1) is 19.1. The molecule has 2 N–H and O–H groups in total. The van der Waals surface area contributed by atoms with E-state index in [0.29, 0.717) is 20.7 Å². The summed E-state index contributed by atoms with van der Waals surface area (Å²) in [4.78, 5) is 12.3. The molecule has 0 aliphatic rings. The second-order valence-corrected chi connectivity index (χ2v) is 6.50. The first-order valence-electron chi connectivity index (χ1n) is 6.80. The van der Waals surface area contributed by atoms with Crippen LogP contribution in [0.5, 0.6) is 11.5 Å². The zero-order valence-corrected chi connectivity index (χ0v) is 15.9. The van der Waals surface area contributed by atoms with Crippen molar-refractivity contribution in [2.75, 3.05) is 12.4 Å². The molecule has 25 heavy (non-hydrogen) atoms. The van der Waals surface area contributed by atoms with Crippen molar-refractivity contribution in [3.63, 3.8) is 0 Å². The molecule has 128 valence electrons. The van der Waals surface area contributed by atoms with Gasteiger partial charge in [0.15, 0.2) is 11.5 Å². The Bertz CT molecular complexity index is 907. The molecule has 0 heterocycles. The van der Waals surface area contributed by atoms with E-state index >= 15 is 0 Å². The van der Waals surface area contributed by atoms with Crippen molar-refractivity contribution in [3.05, 3.63) is 56.0 Å². The lowest BCUT2D eigenvalue weighted by molar-refractivity contribution is -0.112. The average Bonchev–Trinajstić information content (AvgIpc) is 2.57. The standard InChI is InChI=1S/C17H11BrCl2N2O3/c1-25-15-6-9(5-12(18)16(15)23)4-10(8-21)17(24)22-14-3-2-11(19)7-13(14)20/h2-7,23H,1H3,(H,22,24). The summed E-state index contributed by atoms with van der Waals surface area (Å²) in [5.74, 6) is -0.496. The van der Waals surface area contributed by atoms with Crippen molar-refractivity contribution >= 4 is 56.8 Å². The van der Waals surface area contributed by atoms with Crippen molar-refractivity contribution in [2.45, 2.75) is 0 Å². The van der Waals surface area contributed by atoms with Gasteiger partial charge in [-0.25, -0.2) is 0 Å². The number of hydrogen-bond acceptors (Lipinski definition) is 4. The minimum absolute atomic E-state index is 0.0736. The van der Waals surface area contributed by atoms with E-state index in [1.807, 2.05) is 6.07 Å². The lowest BCUT2D eigenvalue weighted by Gasteiger charge is -2.08. The molecule has 8 heteroatoms. The highest BCUT2D eigenvalue weighted by Crippen LogP contribution is 2.35. The van der Waals surface area contributed by atoms with Gasteiger partial charge in [0.25, 0.3) is 5.91 Å². The fraction of sp³-hybridized carbons (Fsp3) is 0.0588. The summed E-state index contributed by atoms with van der Waals surface area (Å²) in [7, 11) is 1.40. The minimum Gasteiger partial charge on any atom is -0.503 e. The number of carbonyl (C=O) groups excluding carboxylic acids is 1. The molecule has 2 aromatic rings. The van der Waals surface area contributed by atoms with Gasteiger partial charge in [-0.05, 0) is 57.9 Å². The molecule has 0 spiro atoms. The number of rotatable bonds is 4. The van der Waals surface area contributed by atoms with E-state index < -0.39 is 5.91 Å². The number of hydrogen-bond donors (Lipinski definition) is 2. The maximum atomic E-state index is 12.3. The van der Waals surface area contributed by atoms with Gasteiger partial charge in [0.2, 0.25) is 0 Å². The van der Waals surface area contributed by atoms with E-state index in [1.165, 1.54) is 31.4 Å². The molecule has 0 saturated heterocycles. The highest BCUT2D eigenvalue weighted by atomic mass is 79.9. The first-order chi connectivity index (χ1) is 11.8. The molecule has 0 bridgehead atoms. The monoisotopic (exact) mass is 440 g/mol. The Morgan fingerprint density at radius 3 is 2.68 bits per heavy atom. The van der Waals surface area contributed by atoms with Gasteiger partial charge in [-0.15, -0.1) is 0 Å². The number of phenolic OH excluding ortho intramolecular Hbond substituents is 1. The molecule has 0 saturated carbocycles. The zero-order valence-electron chi connectivity index (χ0n) is 12.8. The third-order valence-electron chi connectivity index (χ3n) is 3.13. The molecule has 5 nitrogen and oxygen atoms in total. The molecular formula is C17H11BrCl2N2O3. The summed E-state index contributed by atoms with van der Waals surface area (Å²) in [6, 6.07) is 9.48. The fourth-order valence-electron chi connectivity index (χ4n) is 1.93. The number of carbonyl (C=O) groups is 1. The van der Waals surface area contributed by atoms with Crippen LogP contribution in [0.25, 0.3) is 6.08 Å². The van der Waals surface area contributed by atoms with Crippen LogP contribution in [-0.4, -0.2) is 18.1 Å². The van der Waals surface area contributed by atoms with Crippen molar-refractivity contribution in [1.29, 1.82) is 5.26 Å². The van der Waals surface area contributed by atoms with Gasteiger partial charge in [-0.3, -0.25) is 4.79 Å². The molecule has 2 rings (SSSR count). The average molecular weight is 442 g/mol. The van der Waals surface area contributed by atoms with E-state index in [-0.39, 0.29) is 22.1 Å². The molecule has 0 atom stereocenters. The Kier molecular flexibility index (Phi) is 6.32. The Balaban J connectivity index is 2.32. The summed E-state index contributed by atoms with van der Waals surface area (Å²) in [5, 5.41) is 22.3. The van der Waals surface area contributed by atoms with Gasteiger partial charge in [0.05, 0.1) is 22.3 Å². The van der Waals surface area contributed by atoms with Gasteiger partial charge in [0.1, 0.15) is 11.6 Å². The number of phenols is 1. The molecule has 0 aliphatic heterocycles. The number of nitriles is 1. The summed E-state index contributed by atoms with van der Waals surface area (Å²) in [5.41, 5.74) is 0.683. The highest BCUT2D eigenvalue weighted by Gasteiger charge is 2.13. The molecule has 0 aliphatic carbocycles. The quantitative estimate of drug-likeness (QED) is 0.515. The third kappa shape index (κ3) is 4.67. The molecule has 0 unspecified atom stereocenters. The van der Waals surface area contributed by atoms with Gasteiger partial charge in [-0.2, -0.15) is 5.26 Å². The minimum atomic E-state index is -0.630. The third-order valence-corrected chi connectivity index (χ3v) is 4.28. The predicted octanol–water partition coefficient (Wildman–Crippen LogP) is 5.02. The van der Waals surface area contributed by atoms with Crippen molar-refractivity contribution in [3.8, 4) is 17.6 Å². The number of halogens is 3. The number of nitrogens with one attached hydrogen (secondary N) is 1. The Labute approximate surface area is 162 Å². The van der Waals surface area contributed by atoms with Gasteiger partial charge in [0, 0.05) is 5.02 Å². The maximum Gasteiger partial charge on any atom is 0.266 e. The Morgan fingerprint density at radius 1 is 1.36 bits per heavy atom. The van der Waals surface area contributed by atoms with Crippen LogP contribution in [0, 0.1) is 11.3 Å². The van der Waals surface area contributed by atoms with Crippen molar-refractivity contribution < 1.29 is 14.6 Å². The number of methoxy groups -OCH3 is 1. The topological polar surface area (TPSA) is 82.3 Å². The zero-order chi connectivity index (χ0) is 18.6. The van der Waals surface area contributed by atoms with Crippen LogP contribution >= 0.6 is 39.1 Å². The number of amides is 1. The lowest BCUT2D eigenvalue weighted by atomic mass is 10.1. The van der Waals surface area contributed by atoms with Crippen LogP contribution in [0.4, 0.5) is 5.69 Å². The smallest absolute Gasteiger partial charge is 0.266 e. The second kappa shape index (κ2) is 8.26. The largest absolute Gasteiger partial charge is 0.503 e. The van der Waals surface area contributed by atoms with Crippen LogP contribution in [-0.2, 0) is 4.79 Å². The molecular weight excluding hydrogens is 431 g/mol. The SMILES string of the molecule is COc1cc(C=C(C#N)C(=O)Nc2ccc(Cl)cc2Cl)cc(Br)c1O. The maximum absolute atomic E-state index is 12.3. The van der Waals surface area contributed by atoms with Gasteiger partial charge >= 0.3 is 0 Å². The van der Waals surface area contributed by atoms with Gasteiger partial charge < -0.3 is 15.2 Å². The van der Waals surface area contributed by atoms with Crippen LogP contribution in [0.3, 0.4) is 0 Å².